The first-order valence-corrected chi connectivity index (χ1v) is 11.8. The number of ketones is 1. The fourth-order valence-electron chi connectivity index (χ4n) is 4.33. The van der Waals surface area contributed by atoms with Gasteiger partial charge in [0.25, 0.3) is 11.7 Å². The van der Waals surface area contributed by atoms with Gasteiger partial charge in [0, 0.05) is 24.5 Å². The largest absolute Gasteiger partial charge is 0.507 e. The zero-order valence-electron chi connectivity index (χ0n) is 19.1. The number of aliphatic hydroxyl groups is 1. The number of amides is 1. The third-order valence-corrected chi connectivity index (χ3v) is 6.62. The van der Waals surface area contributed by atoms with E-state index < -0.39 is 17.7 Å². The SMILES string of the molecule is COc1cc([C@@H]2C(=C(O)c3ccc4c(c3)OCCO4)C(=O)C(=O)N2Cc2cccnc2)cc(Br)c1O. The van der Waals surface area contributed by atoms with Crippen molar-refractivity contribution < 1.29 is 34.0 Å². The number of benzene rings is 2. The van der Waals surface area contributed by atoms with Gasteiger partial charge in [0.1, 0.15) is 19.0 Å². The maximum atomic E-state index is 13.3. The molecule has 0 spiro atoms. The Morgan fingerprint density at radius 3 is 2.67 bits per heavy atom. The number of carbonyl (C=O) groups is 2. The van der Waals surface area contributed by atoms with E-state index in [2.05, 4.69) is 20.9 Å². The molecule has 36 heavy (non-hydrogen) atoms. The summed E-state index contributed by atoms with van der Waals surface area (Å²) in [7, 11) is 1.40. The number of phenolic OH excluding ortho intramolecular Hbond substituents is 1. The standard InChI is InChI=1S/C26H21BrN2O7/c1-34-20-11-16(9-17(27)24(20)31)22-21(23(30)15-4-5-18-19(10-15)36-8-7-35-18)25(32)26(33)29(22)13-14-3-2-6-28-12-14/h2-6,9-12,22,30-31H,7-8,13H2,1H3/t22-/m1/s1. The van der Waals surface area contributed by atoms with Gasteiger partial charge in [-0.05, 0) is 63.5 Å². The van der Waals surface area contributed by atoms with Crippen molar-refractivity contribution in [2.45, 2.75) is 12.6 Å². The number of halogens is 1. The van der Waals surface area contributed by atoms with Crippen molar-refractivity contribution in [3.8, 4) is 23.0 Å². The molecule has 5 rings (SSSR count). The Morgan fingerprint density at radius 1 is 1.17 bits per heavy atom. The van der Waals surface area contributed by atoms with Gasteiger partial charge < -0.3 is 29.3 Å². The van der Waals surface area contributed by atoms with E-state index in [1.807, 2.05) is 0 Å². The number of aromatic nitrogens is 1. The van der Waals surface area contributed by atoms with Crippen LogP contribution in [0.25, 0.3) is 5.76 Å². The highest BCUT2D eigenvalue weighted by atomic mass is 79.9. The number of methoxy groups -OCH3 is 1. The van der Waals surface area contributed by atoms with Crippen molar-refractivity contribution in [3.63, 3.8) is 0 Å². The van der Waals surface area contributed by atoms with E-state index in [-0.39, 0.29) is 29.4 Å². The molecular formula is C26H21BrN2O7. The van der Waals surface area contributed by atoms with E-state index in [4.69, 9.17) is 14.2 Å². The maximum Gasteiger partial charge on any atom is 0.295 e. The Labute approximate surface area is 214 Å². The minimum absolute atomic E-state index is 0.0712. The second kappa shape index (κ2) is 9.54. The number of aliphatic hydroxyl groups excluding tert-OH is 1. The Bertz CT molecular complexity index is 1390. The van der Waals surface area contributed by atoms with Crippen LogP contribution in [0.5, 0.6) is 23.0 Å². The summed E-state index contributed by atoms with van der Waals surface area (Å²) in [4.78, 5) is 32.0. The molecule has 1 fully saturated rings. The van der Waals surface area contributed by atoms with Gasteiger partial charge in [-0.2, -0.15) is 0 Å². The molecule has 1 aromatic heterocycles. The molecule has 2 aliphatic rings. The highest BCUT2D eigenvalue weighted by Crippen LogP contribution is 2.45. The molecule has 1 saturated heterocycles. The summed E-state index contributed by atoms with van der Waals surface area (Å²) in [6, 6.07) is 10.5. The molecule has 2 aromatic carbocycles. The monoisotopic (exact) mass is 552 g/mol. The van der Waals surface area contributed by atoms with Crippen LogP contribution in [0.4, 0.5) is 0 Å². The Hall–Kier alpha value is -4.05. The number of hydrogen-bond acceptors (Lipinski definition) is 8. The van der Waals surface area contributed by atoms with Crippen LogP contribution in [0.2, 0.25) is 0 Å². The molecule has 2 N–H and O–H groups in total. The zero-order chi connectivity index (χ0) is 25.4. The molecule has 9 nitrogen and oxygen atoms in total. The van der Waals surface area contributed by atoms with Gasteiger partial charge in [0.2, 0.25) is 0 Å². The predicted molar refractivity (Wildman–Crippen MR) is 132 cm³/mol. The number of likely N-dealkylation sites (tertiary alicyclic amines) is 1. The summed E-state index contributed by atoms with van der Waals surface area (Å²) in [5.41, 5.74) is 1.36. The van der Waals surface area contributed by atoms with Gasteiger partial charge in [-0.1, -0.05) is 6.07 Å². The van der Waals surface area contributed by atoms with Crippen LogP contribution in [0.15, 0.2) is 64.9 Å². The molecule has 0 saturated carbocycles. The van der Waals surface area contributed by atoms with E-state index in [0.29, 0.717) is 45.9 Å². The zero-order valence-corrected chi connectivity index (χ0v) is 20.7. The van der Waals surface area contributed by atoms with Crippen molar-refractivity contribution in [1.82, 2.24) is 9.88 Å². The molecular weight excluding hydrogens is 532 g/mol. The number of aromatic hydroxyl groups is 1. The fraction of sp³-hybridized carbons (Fsp3) is 0.192. The van der Waals surface area contributed by atoms with Gasteiger partial charge in [-0.3, -0.25) is 14.6 Å². The summed E-state index contributed by atoms with van der Waals surface area (Å²) in [5, 5.41) is 21.7. The third kappa shape index (κ3) is 4.13. The van der Waals surface area contributed by atoms with E-state index in [1.165, 1.54) is 18.1 Å². The van der Waals surface area contributed by atoms with Gasteiger partial charge in [0.15, 0.2) is 23.0 Å². The highest BCUT2D eigenvalue weighted by molar-refractivity contribution is 9.10. The Morgan fingerprint density at radius 2 is 1.94 bits per heavy atom. The quantitative estimate of drug-likeness (QED) is 0.277. The van der Waals surface area contributed by atoms with Crippen LogP contribution in [0, 0.1) is 0 Å². The molecule has 10 heteroatoms. The Balaban J connectivity index is 1.68. The number of ether oxygens (including phenoxy) is 3. The molecule has 0 bridgehead atoms. The van der Waals surface area contributed by atoms with E-state index in [1.54, 1.807) is 48.8 Å². The van der Waals surface area contributed by atoms with Gasteiger partial charge in [-0.15, -0.1) is 0 Å². The molecule has 3 heterocycles. The first kappa shape index (κ1) is 23.7. The van der Waals surface area contributed by atoms with E-state index in [9.17, 15) is 19.8 Å². The van der Waals surface area contributed by atoms with Crippen molar-refractivity contribution in [1.29, 1.82) is 0 Å². The summed E-state index contributed by atoms with van der Waals surface area (Å²) < 4.78 is 16.8. The maximum absolute atomic E-state index is 13.3. The number of rotatable bonds is 5. The van der Waals surface area contributed by atoms with Gasteiger partial charge in [0.05, 0.1) is 23.2 Å². The molecule has 0 radical (unpaired) electrons. The number of phenols is 1. The average Bonchev–Trinajstić information content (AvgIpc) is 3.15. The van der Waals surface area contributed by atoms with E-state index in [0.717, 1.165) is 0 Å². The normalized spacial score (nSPS) is 18.4. The van der Waals surface area contributed by atoms with Crippen LogP contribution < -0.4 is 14.2 Å². The molecule has 0 aliphatic carbocycles. The number of hydrogen-bond donors (Lipinski definition) is 2. The van der Waals surface area contributed by atoms with Crippen LogP contribution in [-0.4, -0.2) is 52.1 Å². The number of fused-ring (bicyclic) bond motifs is 1. The first-order chi connectivity index (χ1) is 17.4. The van der Waals surface area contributed by atoms with Gasteiger partial charge in [-0.25, -0.2) is 0 Å². The summed E-state index contributed by atoms with van der Waals surface area (Å²) in [5.74, 6) is -0.986. The van der Waals surface area contributed by atoms with Crippen LogP contribution in [-0.2, 0) is 16.1 Å². The minimum atomic E-state index is -0.968. The second-order valence-electron chi connectivity index (χ2n) is 8.20. The van der Waals surface area contributed by atoms with Crippen LogP contribution >= 0.6 is 15.9 Å². The van der Waals surface area contributed by atoms with Crippen molar-refractivity contribution in [2.75, 3.05) is 20.3 Å². The number of nitrogens with zero attached hydrogens (tertiary/aromatic N) is 2. The molecule has 184 valence electrons. The lowest BCUT2D eigenvalue weighted by atomic mass is 9.94. The van der Waals surface area contributed by atoms with E-state index >= 15 is 0 Å². The molecule has 0 unspecified atom stereocenters. The molecule has 1 amide bonds. The summed E-state index contributed by atoms with van der Waals surface area (Å²) in [6.45, 7) is 0.838. The molecule has 2 aliphatic heterocycles. The summed E-state index contributed by atoms with van der Waals surface area (Å²) >= 11 is 3.31. The minimum Gasteiger partial charge on any atom is -0.507 e. The van der Waals surface area contributed by atoms with Crippen molar-refractivity contribution in [2.24, 2.45) is 0 Å². The topological polar surface area (TPSA) is 118 Å². The second-order valence-corrected chi connectivity index (χ2v) is 9.05. The highest BCUT2D eigenvalue weighted by Gasteiger charge is 2.46. The van der Waals surface area contributed by atoms with Crippen LogP contribution in [0.3, 0.4) is 0 Å². The lowest BCUT2D eigenvalue weighted by molar-refractivity contribution is -0.140. The Kier molecular flexibility index (Phi) is 6.27. The lowest BCUT2D eigenvalue weighted by Gasteiger charge is -2.26. The number of Topliss-reactive ketones (excluding diaryl/α,β-unsaturated/α-hetero) is 1. The predicted octanol–water partition coefficient (Wildman–Crippen LogP) is 3.95. The van der Waals surface area contributed by atoms with Crippen LogP contribution in [0.1, 0.15) is 22.7 Å². The number of carbonyl (C=O) groups excluding carboxylic acids is 2. The van der Waals surface area contributed by atoms with Crippen molar-refractivity contribution >= 4 is 33.4 Å². The lowest BCUT2D eigenvalue weighted by Crippen LogP contribution is -2.29. The number of pyridine rings is 1. The fourth-order valence-corrected chi connectivity index (χ4v) is 4.79. The van der Waals surface area contributed by atoms with Crippen molar-refractivity contribution in [3.05, 3.63) is 81.6 Å². The smallest absolute Gasteiger partial charge is 0.295 e. The third-order valence-electron chi connectivity index (χ3n) is 6.02. The average molecular weight is 553 g/mol. The first-order valence-electron chi connectivity index (χ1n) is 11.0. The summed E-state index contributed by atoms with van der Waals surface area (Å²) in [6.07, 6.45) is 3.21. The van der Waals surface area contributed by atoms with Gasteiger partial charge >= 0.3 is 0 Å². The molecule has 3 aromatic rings. The molecule has 1 atom stereocenters.